The van der Waals surface area contributed by atoms with E-state index < -0.39 is 0 Å². The Labute approximate surface area is 73.7 Å². The van der Waals surface area contributed by atoms with Crippen LogP contribution in [0.2, 0.25) is 0 Å². The Balaban J connectivity index is 3.91. The van der Waals surface area contributed by atoms with E-state index in [-0.39, 0.29) is 17.6 Å². The Morgan fingerprint density at radius 3 is 2.42 bits per heavy atom. The fourth-order valence-corrected chi connectivity index (χ4v) is 0.891. The van der Waals surface area contributed by atoms with Gasteiger partial charge in [-0.3, -0.25) is 4.79 Å². The summed E-state index contributed by atoms with van der Waals surface area (Å²) in [4.78, 5) is 21.4. The molecular formula is C10H16O2. The average molecular weight is 168 g/mol. The average Bonchev–Trinajstić information content (AvgIpc) is 2.03. The molecule has 0 saturated heterocycles. The van der Waals surface area contributed by atoms with E-state index in [1.54, 1.807) is 12.2 Å². The van der Waals surface area contributed by atoms with E-state index in [1.165, 1.54) is 0 Å². The molecule has 2 heteroatoms. The van der Waals surface area contributed by atoms with Crippen LogP contribution in [0, 0.1) is 11.8 Å². The van der Waals surface area contributed by atoms with Gasteiger partial charge in [0.15, 0.2) is 5.78 Å². The monoisotopic (exact) mass is 168 g/mol. The Morgan fingerprint density at radius 1 is 1.42 bits per heavy atom. The molecule has 0 bridgehead atoms. The van der Waals surface area contributed by atoms with Crippen LogP contribution in [0.4, 0.5) is 0 Å². The van der Waals surface area contributed by atoms with E-state index >= 15 is 0 Å². The number of hydrogen-bond donors (Lipinski definition) is 0. The largest absolute Gasteiger partial charge is 0.303 e. The summed E-state index contributed by atoms with van der Waals surface area (Å²) in [5, 5.41) is 0. The SMILES string of the molecule is C/C=C/C(=O)CC(C)C(C)C=O. The molecule has 0 saturated carbocycles. The van der Waals surface area contributed by atoms with Crippen molar-refractivity contribution >= 4 is 12.1 Å². The molecule has 2 atom stereocenters. The van der Waals surface area contributed by atoms with Crippen molar-refractivity contribution in [3.05, 3.63) is 12.2 Å². The molecule has 0 radical (unpaired) electrons. The van der Waals surface area contributed by atoms with Crippen molar-refractivity contribution in [1.29, 1.82) is 0 Å². The van der Waals surface area contributed by atoms with Gasteiger partial charge in [0.25, 0.3) is 0 Å². The third-order valence-corrected chi connectivity index (χ3v) is 1.99. The van der Waals surface area contributed by atoms with Gasteiger partial charge >= 0.3 is 0 Å². The normalized spacial score (nSPS) is 15.9. The molecule has 0 aliphatic heterocycles. The molecule has 0 spiro atoms. The molecule has 0 aromatic rings. The highest BCUT2D eigenvalue weighted by Crippen LogP contribution is 2.13. The summed E-state index contributed by atoms with van der Waals surface area (Å²) in [6, 6.07) is 0. The van der Waals surface area contributed by atoms with Crippen LogP contribution in [0.1, 0.15) is 27.2 Å². The van der Waals surface area contributed by atoms with E-state index in [0.29, 0.717) is 6.42 Å². The van der Waals surface area contributed by atoms with Crippen LogP contribution >= 0.6 is 0 Å². The van der Waals surface area contributed by atoms with E-state index in [1.807, 2.05) is 20.8 Å². The van der Waals surface area contributed by atoms with E-state index in [0.717, 1.165) is 6.29 Å². The lowest BCUT2D eigenvalue weighted by Gasteiger charge is -2.11. The molecule has 0 aliphatic rings. The number of carbonyl (C=O) groups excluding carboxylic acids is 2. The molecule has 2 unspecified atom stereocenters. The lowest BCUT2D eigenvalue weighted by molar-refractivity contribution is -0.116. The highest BCUT2D eigenvalue weighted by molar-refractivity contribution is 5.89. The minimum absolute atomic E-state index is 0.0285. The van der Waals surface area contributed by atoms with Crippen molar-refractivity contribution < 1.29 is 9.59 Å². The van der Waals surface area contributed by atoms with Gasteiger partial charge in [-0.15, -0.1) is 0 Å². The fourth-order valence-electron chi connectivity index (χ4n) is 0.891. The van der Waals surface area contributed by atoms with Gasteiger partial charge in [-0.2, -0.15) is 0 Å². The van der Waals surface area contributed by atoms with Gasteiger partial charge in [-0.05, 0) is 18.9 Å². The molecule has 2 nitrogen and oxygen atoms in total. The number of rotatable bonds is 5. The molecular weight excluding hydrogens is 152 g/mol. The topological polar surface area (TPSA) is 34.1 Å². The van der Waals surface area contributed by atoms with Crippen LogP contribution in [0.5, 0.6) is 0 Å². The summed E-state index contributed by atoms with van der Waals surface area (Å²) in [5.41, 5.74) is 0. The molecule has 0 heterocycles. The van der Waals surface area contributed by atoms with Crippen molar-refractivity contribution in [1.82, 2.24) is 0 Å². The predicted octanol–water partition coefficient (Wildman–Crippen LogP) is 1.99. The van der Waals surface area contributed by atoms with Crippen LogP contribution in [0.15, 0.2) is 12.2 Å². The Hall–Kier alpha value is -0.920. The van der Waals surface area contributed by atoms with Gasteiger partial charge in [0.1, 0.15) is 6.29 Å². The minimum Gasteiger partial charge on any atom is -0.303 e. The summed E-state index contributed by atoms with van der Waals surface area (Å²) in [7, 11) is 0. The smallest absolute Gasteiger partial charge is 0.155 e. The zero-order valence-corrected chi connectivity index (χ0v) is 7.91. The molecule has 0 aromatic heterocycles. The summed E-state index contributed by atoms with van der Waals surface area (Å²) in [6.45, 7) is 5.56. The third-order valence-electron chi connectivity index (χ3n) is 1.99. The maximum Gasteiger partial charge on any atom is 0.155 e. The first-order valence-electron chi connectivity index (χ1n) is 4.22. The summed E-state index contributed by atoms with van der Waals surface area (Å²) >= 11 is 0. The van der Waals surface area contributed by atoms with Crippen LogP contribution in [-0.4, -0.2) is 12.1 Å². The van der Waals surface area contributed by atoms with Crippen LogP contribution in [-0.2, 0) is 9.59 Å². The fraction of sp³-hybridized carbons (Fsp3) is 0.600. The maximum absolute atomic E-state index is 11.1. The van der Waals surface area contributed by atoms with Crippen molar-refractivity contribution in [2.24, 2.45) is 11.8 Å². The second-order valence-corrected chi connectivity index (χ2v) is 3.14. The van der Waals surface area contributed by atoms with E-state index in [2.05, 4.69) is 0 Å². The summed E-state index contributed by atoms with van der Waals surface area (Å²) in [5.74, 6) is 0.212. The molecule has 0 aliphatic carbocycles. The Kier molecular flexibility index (Phi) is 5.26. The molecule has 12 heavy (non-hydrogen) atoms. The van der Waals surface area contributed by atoms with Crippen LogP contribution < -0.4 is 0 Å². The first kappa shape index (κ1) is 11.1. The van der Waals surface area contributed by atoms with Crippen molar-refractivity contribution in [3.8, 4) is 0 Å². The summed E-state index contributed by atoms with van der Waals surface area (Å²) < 4.78 is 0. The number of aldehydes is 1. The highest BCUT2D eigenvalue weighted by Gasteiger charge is 2.13. The molecule has 0 aromatic carbocycles. The molecule has 68 valence electrons. The maximum atomic E-state index is 11.1. The van der Waals surface area contributed by atoms with Crippen molar-refractivity contribution in [3.63, 3.8) is 0 Å². The number of carbonyl (C=O) groups is 2. The zero-order chi connectivity index (χ0) is 9.56. The Morgan fingerprint density at radius 2 is 2.00 bits per heavy atom. The highest BCUT2D eigenvalue weighted by atomic mass is 16.1. The minimum atomic E-state index is -0.0285. The number of allylic oxidation sites excluding steroid dienone is 2. The van der Waals surface area contributed by atoms with Crippen LogP contribution in [0.25, 0.3) is 0 Å². The second kappa shape index (κ2) is 5.70. The zero-order valence-electron chi connectivity index (χ0n) is 7.91. The number of ketones is 1. The molecule has 0 amide bonds. The third kappa shape index (κ3) is 4.06. The van der Waals surface area contributed by atoms with Crippen molar-refractivity contribution in [2.75, 3.05) is 0 Å². The summed E-state index contributed by atoms with van der Waals surface area (Å²) in [6.07, 6.45) is 4.63. The van der Waals surface area contributed by atoms with Gasteiger partial charge in [0, 0.05) is 12.3 Å². The molecule has 0 fully saturated rings. The van der Waals surface area contributed by atoms with Crippen LogP contribution in [0.3, 0.4) is 0 Å². The molecule has 0 N–H and O–H groups in total. The van der Waals surface area contributed by atoms with Crippen molar-refractivity contribution in [2.45, 2.75) is 27.2 Å². The lowest BCUT2D eigenvalue weighted by Crippen LogP contribution is -2.12. The molecule has 0 rings (SSSR count). The van der Waals surface area contributed by atoms with E-state index in [9.17, 15) is 9.59 Å². The van der Waals surface area contributed by atoms with Gasteiger partial charge in [0.05, 0.1) is 0 Å². The van der Waals surface area contributed by atoms with Gasteiger partial charge in [-0.1, -0.05) is 19.9 Å². The predicted molar refractivity (Wildman–Crippen MR) is 48.8 cm³/mol. The van der Waals surface area contributed by atoms with Gasteiger partial charge < -0.3 is 4.79 Å². The second-order valence-electron chi connectivity index (χ2n) is 3.14. The first-order chi connectivity index (χ1) is 5.61. The van der Waals surface area contributed by atoms with Gasteiger partial charge in [-0.25, -0.2) is 0 Å². The van der Waals surface area contributed by atoms with E-state index in [4.69, 9.17) is 0 Å². The standard InChI is InChI=1S/C10H16O2/c1-4-5-10(12)6-8(2)9(3)7-11/h4-5,7-9H,6H2,1-3H3/b5-4+. The Bertz CT molecular complexity index is 182. The number of hydrogen-bond acceptors (Lipinski definition) is 2. The lowest BCUT2D eigenvalue weighted by atomic mass is 9.92. The first-order valence-corrected chi connectivity index (χ1v) is 4.22. The van der Waals surface area contributed by atoms with Gasteiger partial charge in [0.2, 0.25) is 0 Å². The quantitative estimate of drug-likeness (QED) is 0.464.